The average Bonchev–Trinajstić information content (AvgIpc) is 2.55. The third kappa shape index (κ3) is 3.73. The summed E-state index contributed by atoms with van der Waals surface area (Å²) in [5, 5.41) is 19.5. The largest absolute Gasteiger partial charge is 0.307 e. The highest BCUT2D eigenvalue weighted by Gasteiger charge is 2.22. The lowest BCUT2D eigenvalue weighted by Crippen LogP contribution is -2.32. The topological polar surface area (TPSA) is 87.2 Å². The molecule has 1 amide bonds. The van der Waals surface area contributed by atoms with Crippen LogP contribution in [0.3, 0.4) is 0 Å². The van der Waals surface area contributed by atoms with Gasteiger partial charge < -0.3 is 4.90 Å². The second-order valence-electron chi connectivity index (χ2n) is 5.13. The lowest BCUT2D eigenvalue weighted by Gasteiger charge is -2.22. The fourth-order valence-corrected chi connectivity index (χ4v) is 2.24. The SMILES string of the molecule is Cc1cccc(N(CCC#N)C(=O)c2ccc([N+](=O)[O-])cc2F)c1. The molecule has 0 N–H and O–H groups in total. The van der Waals surface area contributed by atoms with Crippen molar-refractivity contribution in [2.45, 2.75) is 13.3 Å². The molecule has 0 fully saturated rings. The Bertz CT molecular complexity index is 830. The summed E-state index contributed by atoms with van der Waals surface area (Å²) < 4.78 is 14.1. The second kappa shape index (κ2) is 7.33. The van der Waals surface area contributed by atoms with Crippen LogP contribution in [0.15, 0.2) is 42.5 Å². The number of nitrogens with zero attached hydrogens (tertiary/aromatic N) is 3. The fraction of sp³-hybridized carbons (Fsp3) is 0.176. The number of hydrogen-bond donors (Lipinski definition) is 0. The van der Waals surface area contributed by atoms with Crippen LogP contribution < -0.4 is 4.90 Å². The first-order chi connectivity index (χ1) is 11.4. The van der Waals surface area contributed by atoms with Crippen LogP contribution in [0.25, 0.3) is 0 Å². The van der Waals surface area contributed by atoms with Crippen molar-refractivity contribution < 1.29 is 14.1 Å². The molecule has 0 bridgehead atoms. The Morgan fingerprint density at radius 3 is 2.67 bits per heavy atom. The van der Waals surface area contributed by atoms with Crippen molar-refractivity contribution in [3.63, 3.8) is 0 Å². The summed E-state index contributed by atoms with van der Waals surface area (Å²) in [6, 6.07) is 11.9. The van der Waals surface area contributed by atoms with Crippen LogP contribution in [0.2, 0.25) is 0 Å². The normalized spacial score (nSPS) is 10.0. The highest BCUT2D eigenvalue weighted by molar-refractivity contribution is 6.06. The van der Waals surface area contributed by atoms with Gasteiger partial charge in [0.15, 0.2) is 0 Å². The minimum atomic E-state index is -0.969. The van der Waals surface area contributed by atoms with Gasteiger partial charge in [0.25, 0.3) is 11.6 Å². The summed E-state index contributed by atoms with van der Waals surface area (Å²) in [5.74, 6) is -1.62. The van der Waals surface area contributed by atoms with Gasteiger partial charge in [-0.1, -0.05) is 12.1 Å². The van der Waals surface area contributed by atoms with Gasteiger partial charge in [-0.15, -0.1) is 0 Å². The van der Waals surface area contributed by atoms with E-state index in [9.17, 15) is 19.3 Å². The van der Waals surface area contributed by atoms with Crippen LogP contribution in [0.5, 0.6) is 0 Å². The van der Waals surface area contributed by atoms with E-state index in [2.05, 4.69) is 0 Å². The molecule has 0 saturated heterocycles. The molecule has 0 atom stereocenters. The number of amides is 1. The van der Waals surface area contributed by atoms with Gasteiger partial charge in [-0.3, -0.25) is 14.9 Å². The van der Waals surface area contributed by atoms with Gasteiger partial charge in [-0.05, 0) is 30.7 Å². The van der Waals surface area contributed by atoms with E-state index in [1.165, 1.54) is 4.90 Å². The van der Waals surface area contributed by atoms with Crippen LogP contribution in [0.4, 0.5) is 15.8 Å². The number of nitro groups is 1. The predicted molar refractivity (Wildman–Crippen MR) is 86.1 cm³/mol. The molecule has 0 radical (unpaired) electrons. The maximum absolute atomic E-state index is 14.1. The van der Waals surface area contributed by atoms with E-state index in [-0.39, 0.29) is 18.5 Å². The zero-order valence-electron chi connectivity index (χ0n) is 12.9. The minimum Gasteiger partial charge on any atom is -0.307 e. The third-order valence-electron chi connectivity index (χ3n) is 3.40. The molecule has 0 saturated carbocycles. The van der Waals surface area contributed by atoms with Crippen LogP contribution in [0, 0.1) is 34.2 Å². The summed E-state index contributed by atoms with van der Waals surface area (Å²) in [4.78, 5) is 23.9. The maximum Gasteiger partial charge on any atom is 0.272 e. The van der Waals surface area contributed by atoms with Gasteiger partial charge in [0.1, 0.15) is 5.82 Å². The van der Waals surface area contributed by atoms with Gasteiger partial charge in [0.2, 0.25) is 0 Å². The average molecular weight is 327 g/mol. The van der Waals surface area contributed by atoms with Crippen molar-refractivity contribution in [2.24, 2.45) is 0 Å². The summed E-state index contributed by atoms with van der Waals surface area (Å²) in [6.07, 6.45) is 0.0777. The van der Waals surface area contributed by atoms with Gasteiger partial charge in [-0.2, -0.15) is 5.26 Å². The van der Waals surface area contributed by atoms with Crippen LogP contribution in [0.1, 0.15) is 22.3 Å². The molecular weight excluding hydrogens is 313 g/mol. The molecule has 0 spiro atoms. The van der Waals surface area contributed by atoms with E-state index in [1.54, 1.807) is 18.2 Å². The number of benzene rings is 2. The van der Waals surface area contributed by atoms with Gasteiger partial charge >= 0.3 is 0 Å². The minimum absolute atomic E-state index is 0.0777. The fourth-order valence-electron chi connectivity index (χ4n) is 2.24. The Balaban J connectivity index is 2.41. The number of aryl methyl sites for hydroxylation is 1. The molecule has 0 unspecified atom stereocenters. The Morgan fingerprint density at radius 2 is 2.08 bits per heavy atom. The zero-order valence-corrected chi connectivity index (χ0v) is 12.9. The predicted octanol–water partition coefficient (Wildman–Crippen LogP) is 3.60. The Labute approximate surface area is 137 Å². The molecule has 7 heteroatoms. The van der Waals surface area contributed by atoms with Crippen molar-refractivity contribution in [1.29, 1.82) is 5.26 Å². The van der Waals surface area contributed by atoms with E-state index >= 15 is 0 Å². The summed E-state index contributed by atoms with van der Waals surface area (Å²) >= 11 is 0. The number of nitro benzene ring substituents is 1. The van der Waals surface area contributed by atoms with E-state index in [0.717, 1.165) is 17.7 Å². The van der Waals surface area contributed by atoms with Gasteiger partial charge in [0, 0.05) is 18.3 Å². The van der Waals surface area contributed by atoms with Crippen LogP contribution in [-0.4, -0.2) is 17.4 Å². The maximum atomic E-state index is 14.1. The van der Waals surface area contributed by atoms with Crippen molar-refractivity contribution in [3.8, 4) is 6.07 Å². The van der Waals surface area contributed by atoms with Crippen molar-refractivity contribution in [1.82, 2.24) is 0 Å². The molecule has 2 rings (SSSR count). The zero-order chi connectivity index (χ0) is 17.7. The quantitative estimate of drug-likeness (QED) is 0.620. The summed E-state index contributed by atoms with van der Waals surface area (Å²) in [5.41, 5.74) is 0.739. The number of hydrogen-bond acceptors (Lipinski definition) is 4. The van der Waals surface area contributed by atoms with E-state index in [4.69, 9.17) is 5.26 Å². The molecule has 0 heterocycles. The number of anilines is 1. The molecule has 2 aromatic rings. The van der Waals surface area contributed by atoms with Crippen molar-refractivity contribution in [3.05, 3.63) is 69.5 Å². The van der Waals surface area contributed by atoms with Crippen LogP contribution in [-0.2, 0) is 0 Å². The number of carbonyl (C=O) groups is 1. The molecule has 2 aromatic carbocycles. The van der Waals surface area contributed by atoms with E-state index in [0.29, 0.717) is 11.8 Å². The van der Waals surface area contributed by atoms with E-state index < -0.39 is 22.3 Å². The number of rotatable bonds is 5. The monoisotopic (exact) mass is 327 g/mol. The number of nitriles is 1. The molecule has 0 aromatic heterocycles. The number of halogens is 1. The van der Waals surface area contributed by atoms with Crippen molar-refractivity contribution >= 4 is 17.3 Å². The van der Waals surface area contributed by atoms with E-state index in [1.807, 2.05) is 19.1 Å². The second-order valence-corrected chi connectivity index (χ2v) is 5.13. The van der Waals surface area contributed by atoms with Crippen molar-refractivity contribution in [2.75, 3.05) is 11.4 Å². The first-order valence-electron chi connectivity index (χ1n) is 7.13. The Hall–Kier alpha value is -3.27. The molecular formula is C17H14FN3O3. The van der Waals surface area contributed by atoms with Gasteiger partial charge in [-0.25, -0.2) is 4.39 Å². The molecule has 0 aliphatic rings. The third-order valence-corrected chi connectivity index (χ3v) is 3.40. The molecule has 0 aliphatic heterocycles. The Kier molecular flexibility index (Phi) is 5.22. The lowest BCUT2D eigenvalue weighted by molar-refractivity contribution is -0.385. The first kappa shape index (κ1) is 17.1. The summed E-state index contributed by atoms with van der Waals surface area (Å²) in [7, 11) is 0. The molecule has 6 nitrogen and oxygen atoms in total. The Morgan fingerprint density at radius 1 is 1.33 bits per heavy atom. The highest BCUT2D eigenvalue weighted by Crippen LogP contribution is 2.22. The first-order valence-corrected chi connectivity index (χ1v) is 7.13. The number of non-ortho nitro benzene ring substituents is 1. The number of carbonyl (C=O) groups excluding carboxylic acids is 1. The standard InChI is InChI=1S/C17H14FN3O3/c1-12-4-2-5-13(10-12)20(9-3-8-19)17(22)15-7-6-14(21(23)24)11-16(15)18/h2,4-7,10-11H,3,9H2,1H3. The highest BCUT2D eigenvalue weighted by atomic mass is 19.1. The molecule has 122 valence electrons. The smallest absolute Gasteiger partial charge is 0.272 e. The van der Waals surface area contributed by atoms with Gasteiger partial charge in [0.05, 0.1) is 29.0 Å². The lowest BCUT2D eigenvalue weighted by atomic mass is 10.1. The molecule has 24 heavy (non-hydrogen) atoms. The summed E-state index contributed by atoms with van der Waals surface area (Å²) in [6.45, 7) is 1.94. The molecule has 0 aliphatic carbocycles. The van der Waals surface area contributed by atoms with Crippen LogP contribution >= 0.6 is 0 Å².